The van der Waals surface area contributed by atoms with Crippen molar-refractivity contribution in [2.24, 2.45) is 0 Å². The van der Waals surface area contributed by atoms with Gasteiger partial charge in [-0.25, -0.2) is 0 Å². The third-order valence-corrected chi connectivity index (χ3v) is 4.38. The molecule has 4 heteroatoms. The molecule has 2 fully saturated rings. The van der Waals surface area contributed by atoms with E-state index in [1.165, 1.54) is 6.42 Å². The number of carbonyl (C=O) groups is 2. The smallest absolute Gasteiger partial charge is 0.224 e. The van der Waals surface area contributed by atoms with Gasteiger partial charge in [0, 0.05) is 38.5 Å². The van der Waals surface area contributed by atoms with Gasteiger partial charge in [-0.3, -0.25) is 9.59 Å². The summed E-state index contributed by atoms with van der Waals surface area (Å²) < 4.78 is 0. The number of hydrogen-bond donors (Lipinski definition) is 0. The van der Waals surface area contributed by atoms with Crippen molar-refractivity contribution in [3.63, 3.8) is 0 Å². The summed E-state index contributed by atoms with van der Waals surface area (Å²) in [5, 5.41) is 0. The molecule has 1 unspecified atom stereocenters. The molecule has 1 saturated carbocycles. The molecule has 0 aromatic heterocycles. The molecule has 1 atom stereocenters. The summed E-state index contributed by atoms with van der Waals surface area (Å²) in [5.74, 6) is 0.347. The molecule has 1 heterocycles. The number of nitrogens with zero attached hydrogens (tertiary/aromatic N) is 2. The van der Waals surface area contributed by atoms with E-state index in [1.807, 2.05) is 4.90 Å². The van der Waals surface area contributed by atoms with E-state index in [-0.39, 0.29) is 11.8 Å². The predicted molar refractivity (Wildman–Crippen MR) is 74.7 cm³/mol. The molecule has 0 aromatic rings. The van der Waals surface area contributed by atoms with Gasteiger partial charge < -0.3 is 9.80 Å². The predicted octanol–water partition coefficient (Wildman–Crippen LogP) is 2.18. The normalized spacial score (nSPS) is 23.3. The zero-order valence-corrected chi connectivity index (χ0v) is 12.2. The number of hydrogen-bond acceptors (Lipinski definition) is 2. The molecule has 2 rings (SSSR count). The molecular formula is C15H26N2O2. The van der Waals surface area contributed by atoms with Crippen LogP contribution in [0.5, 0.6) is 0 Å². The van der Waals surface area contributed by atoms with E-state index in [2.05, 4.69) is 11.8 Å². The maximum Gasteiger partial charge on any atom is 0.224 e. The van der Waals surface area contributed by atoms with Gasteiger partial charge in [-0.05, 0) is 38.5 Å². The second-order valence-electron chi connectivity index (χ2n) is 5.84. The molecular weight excluding hydrogens is 240 g/mol. The lowest BCUT2D eigenvalue weighted by Gasteiger charge is -2.35. The molecule has 1 aliphatic heterocycles. The van der Waals surface area contributed by atoms with Crippen LogP contribution in [0.25, 0.3) is 0 Å². The van der Waals surface area contributed by atoms with Crippen LogP contribution in [0.3, 0.4) is 0 Å². The summed E-state index contributed by atoms with van der Waals surface area (Å²) in [6.45, 7) is 5.27. The first-order valence-electron chi connectivity index (χ1n) is 7.70. The average molecular weight is 266 g/mol. The first-order chi connectivity index (χ1) is 9.13. The van der Waals surface area contributed by atoms with Crippen LogP contribution in [0.2, 0.25) is 0 Å². The highest BCUT2D eigenvalue weighted by molar-refractivity contribution is 5.78. The highest BCUT2D eigenvalue weighted by Crippen LogP contribution is 2.27. The van der Waals surface area contributed by atoms with E-state index >= 15 is 0 Å². The van der Waals surface area contributed by atoms with Crippen molar-refractivity contribution in [3.05, 3.63) is 0 Å². The van der Waals surface area contributed by atoms with E-state index in [0.29, 0.717) is 25.0 Å². The number of carbonyl (C=O) groups excluding carboxylic acids is 2. The summed E-state index contributed by atoms with van der Waals surface area (Å²) in [5.41, 5.74) is 0. The zero-order chi connectivity index (χ0) is 13.8. The lowest BCUT2D eigenvalue weighted by molar-refractivity contribution is -0.136. The fourth-order valence-corrected chi connectivity index (χ4v) is 3.10. The Bertz CT molecular complexity index is 339. The van der Waals surface area contributed by atoms with Gasteiger partial charge in [-0.2, -0.15) is 0 Å². The molecule has 1 saturated heterocycles. The van der Waals surface area contributed by atoms with Crippen molar-refractivity contribution in [1.82, 2.24) is 9.80 Å². The Hall–Kier alpha value is -1.06. The van der Waals surface area contributed by atoms with Gasteiger partial charge in [0.2, 0.25) is 11.8 Å². The highest BCUT2D eigenvalue weighted by Gasteiger charge is 2.32. The summed E-state index contributed by atoms with van der Waals surface area (Å²) in [4.78, 5) is 27.8. The molecule has 0 N–H and O–H groups in total. The monoisotopic (exact) mass is 266 g/mol. The summed E-state index contributed by atoms with van der Waals surface area (Å²) in [6, 6.07) is 0.835. The molecule has 0 aromatic carbocycles. The van der Waals surface area contributed by atoms with E-state index in [4.69, 9.17) is 0 Å². The van der Waals surface area contributed by atoms with Crippen LogP contribution >= 0.6 is 0 Å². The van der Waals surface area contributed by atoms with Gasteiger partial charge in [0.1, 0.15) is 0 Å². The Morgan fingerprint density at radius 1 is 1.21 bits per heavy atom. The van der Waals surface area contributed by atoms with Crippen molar-refractivity contribution in [2.75, 3.05) is 13.1 Å². The first kappa shape index (κ1) is 14.4. The van der Waals surface area contributed by atoms with Crippen LogP contribution in [-0.4, -0.2) is 46.8 Å². The molecule has 0 bridgehead atoms. The minimum atomic E-state index is 0.112. The van der Waals surface area contributed by atoms with Crippen molar-refractivity contribution in [2.45, 2.75) is 70.9 Å². The molecule has 0 spiro atoms. The Labute approximate surface area is 116 Å². The molecule has 2 aliphatic rings. The SMILES string of the molecule is CCC1CCCCN1C(=O)CCN(C(C)=O)C1CC1. The fourth-order valence-electron chi connectivity index (χ4n) is 3.10. The van der Waals surface area contributed by atoms with E-state index < -0.39 is 0 Å². The zero-order valence-electron chi connectivity index (χ0n) is 12.2. The third-order valence-electron chi connectivity index (χ3n) is 4.38. The third kappa shape index (κ3) is 3.71. The summed E-state index contributed by atoms with van der Waals surface area (Å²) in [7, 11) is 0. The van der Waals surface area contributed by atoms with Gasteiger partial charge in [0.15, 0.2) is 0 Å². The highest BCUT2D eigenvalue weighted by atomic mass is 16.2. The average Bonchev–Trinajstić information content (AvgIpc) is 3.23. The molecule has 19 heavy (non-hydrogen) atoms. The molecule has 2 amide bonds. The number of amides is 2. The molecule has 4 nitrogen and oxygen atoms in total. The van der Waals surface area contributed by atoms with Crippen LogP contribution in [0, 0.1) is 0 Å². The summed E-state index contributed by atoms with van der Waals surface area (Å²) in [6.07, 6.45) is 7.26. The summed E-state index contributed by atoms with van der Waals surface area (Å²) >= 11 is 0. The molecule has 108 valence electrons. The maximum atomic E-state index is 12.3. The lowest BCUT2D eigenvalue weighted by Crippen LogP contribution is -2.45. The second-order valence-corrected chi connectivity index (χ2v) is 5.84. The van der Waals surface area contributed by atoms with E-state index in [1.54, 1.807) is 6.92 Å². The van der Waals surface area contributed by atoms with Gasteiger partial charge in [0.25, 0.3) is 0 Å². The standard InChI is InChI=1S/C15H26N2O2/c1-3-13-6-4-5-10-17(13)15(19)9-11-16(12(2)18)14-7-8-14/h13-14H,3-11H2,1-2H3. The minimum absolute atomic E-state index is 0.112. The lowest BCUT2D eigenvalue weighted by atomic mass is 9.99. The van der Waals surface area contributed by atoms with Crippen molar-refractivity contribution >= 4 is 11.8 Å². The molecule has 0 radical (unpaired) electrons. The Balaban J connectivity index is 1.83. The van der Waals surface area contributed by atoms with Crippen molar-refractivity contribution in [3.8, 4) is 0 Å². The minimum Gasteiger partial charge on any atom is -0.340 e. The van der Waals surface area contributed by atoms with Crippen molar-refractivity contribution in [1.29, 1.82) is 0 Å². The number of likely N-dealkylation sites (tertiary alicyclic amines) is 1. The fraction of sp³-hybridized carbons (Fsp3) is 0.867. The Morgan fingerprint density at radius 2 is 1.95 bits per heavy atom. The van der Waals surface area contributed by atoms with Crippen LogP contribution in [0.15, 0.2) is 0 Å². The Morgan fingerprint density at radius 3 is 2.53 bits per heavy atom. The van der Waals surface area contributed by atoms with Gasteiger partial charge >= 0.3 is 0 Å². The van der Waals surface area contributed by atoms with Crippen molar-refractivity contribution < 1.29 is 9.59 Å². The van der Waals surface area contributed by atoms with Gasteiger partial charge in [-0.1, -0.05) is 6.92 Å². The van der Waals surface area contributed by atoms with Gasteiger partial charge in [0.05, 0.1) is 0 Å². The van der Waals surface area contributed by atoms with E-state index in [9.17, 15) is 9.59 Å². The van der Waals surface area contributed by atoms with E-state index in [0.717, 1.165) is 38.6 Å². The number of piperidine rings is 1. The second kappa shape index (κ2) is 6.40. The van der Waals surface area contributed by atoms with Gasteiger partial charge in [-0.15, -0.1) is 0 Å². The maximum absolute atomic E-state index is 12.3. The topological polar surface area (TPSA) is 40.6 Å². The molecule has 1 aliphatic carbocycles. The quantitative estimate of drug-likeness (QED) is 0.765. The number of rotatable bonds is 5. The van der Waals surface area contributed by atoms with Crippen LogP contribution in [-0.2, 0) is 9.59 Å². The largest absolute Gasteiger partial charge is 0.340 e. The van der Waals surface area contributed by atoms with Crippen LogP contribution < -0.4 is 0 Å². The van der Waals surface area contributed by atoms with Crippen LogP contribution in [0.4, 0.5) is 0 Å². The first-order valence-corrected chi connectivity index (χ1v) is 7.70. The van der Waals surface area contributed by atoms with Crippen LogP contribution in [0.1, 0.15) is 58.8 Å². The Kier molecular flexibility index (Phi) is 4.83.